The number of fused-ring (bicyclic) bond motifs is 1. The number of rotatable bonds is 6. The molecule has 3 N–H and O–H groups in total. The van der Waals surface area contributed by atoms with Gasteiger partial charge in [-0.25, -0.2) is 4.99 Å². The highest BCUT2D eigenvalue weighted by Gasteiger charge is 2.09. The van der Waals surface area contributed by atoms with Crippen LogP contribution >= 0.6 is 0 Å². The first-order valence-electron chi connectivity index (χ1n) is 7.74. The summed E-state index contributed by atoms with van der Waals surface area (Å²) in [6.45, 7) is 6.54. The smallest absolute Gasteiger partial charge is 0.159 e. The number of hydrogen-bond acceptors (Lipinski definition) is 7. The van der Waals surface area contributed by atoms with Crippen molar-refractivity contribution in [2.75, 3.05) is 0 Å². The Balaban J connectivity index is 1.78. The molecule has 1 atom stereocenters. The number of hydrogen-bond donors (Lipinski definition) is 2. The van der Waals surface area contributed by atoms with Gasteiger partial charge in [0.25, 0.3) is 0 Å². The van der Waals surface area contributed by atoms with Crippen LogP contribution in [0.5, 0.6) is 0 Å². The first kappa shape index (κ1) is 16.4. The Hall–Kier alpha value is -3.49. The van der Waals surface area contributed by atoms with Crippen molar-refractivity contribution in [2.45, 2.75) is 19.5 Å². The molecule has 1 aromatic carbocycles. The summed E-state index contributed by atoms with van der Waals surface area (Å²) in [6, 6.07) is 7.66. The Kier molecular flexibility index (Phi) is 4.84. The highest BCUT2D eigenvalue weighted by atomic mass is 15.5. The molecule has 0 saturated carbocycles. The molecule has 2 aromatic heterocycles. The lowest BCUT2D eigenvalue weighted by Gasteiger charge is -2.14. The molecular weight excluding hydrogens is 318 g/mol. The van der Waals surface area contributed by atoms with Crippen molar-refractivity contribution < 1.29 is 0 Å². The molecule has 0 bridgehead atoms. The summed E-state index contributed by atoms with van der Waals surface area (Å²) in [5.74, 6) is 0.991. The molecule has 9 nitrogen and oxygen atoms in total. The summed E-state index contributed by atoms with van der Waals surface area (Å²) in [5, 5.41) is 19.6. The normalized spacial score (nSPS) is 13.4. The number of aromatic nitrogens is 6. The number of nitrogens with two attached hydrogens (primary N) is 1. The first-order chi connectivity index (χ1) is 12.2. The number of para-hydroxylation sites is 1. The van der Waals surface area contributed by atoms with Crippen LogP contribution in [0.1, 0.15) is 6.92 Å². The van der Waals surface area contributed by atoms with Crippen molar-refractivity contribution in [3.8, 4) is 0 Å². The minimum Gasteiger partial charge on any atom is -0.404 e. The summed E-state index contributed by atoms with van der Waals surface area (Å²) in [7, 11) is 0. The van der Waals surface area contributed by atoms with Gasteiger partial charge in [-0.15, -0.1) is 5.10 Å². The summed E-state index contributed by atoms with van der Waals surface area (Å²) in [6.07, 6.45) is 6.33. The molecule has 0 aliphatic rings. The third kappa shape index (κ3) is 3.89. The third-order valence-electron chi connectivity index (χ3n) is 3.38. The summed E-state index contributed by atoms with van der Waals surface area (Å²) < 4.78 is 1.62. The molecule has 0 aliphatic heterocycles. The van der Waals surface area contributed by atoms with Crippen molar-refractivity contribution in [1.82, 2.24) is 35.3 Å². The maximum absolute atomic E-state index is 5.55. The lowest BCUT2D eigenvalue weighted by molar-refractivity contribution is 0.442. The van der Waals surface area contributed by atoms with E-state index >= 15 is 0 Å². The summed E-state index contributed by atoms with van der Waals surface area (Å²) >= 11 is 0. The van der Waals surface area contributed by atoms with Gasteiger partial charge in [-0.2, -0.15) is 19.7 Å². The molecule has 2 heterocycles. The molecule has 128 valence electrons. The molecule has 0 radical (unpaired) electrons. The molecule has 3 rings (SSSR count). The molecule has 0 aliphatic carbocycles. The largest absolute Gasteiger partial charge is 0.404 e. The van der Waals surface area contributed by atoms with E-state index in [4.69, 9.17) is 5.73 Å². The fourth-order valence-corrected chi connectivity index (χ4v) is 2.36. The number of nitrogens with zero attached hydrogens (tertiary/aromatic N) is 7. The Bertz CT molecular complexity index is 905. The van der Waals surface area contributed by atoms with Crippen molar-refractivity contribution in [3.63, 3.8) is 0 Å². The molecule has 0 spiro atoms. The van der Waals surface area contributed by atoms with Crippen LogP contribution in [0.25, 0.3) is 11.0 Å². The van der Waals surface area contributed by atoms with Crippen LogP contribution in [-0.2, 0) is 6.54 Å². The minimum absolute atomic E-state index is 0.0410. The van der Waals surface area contributed by atoms with E-state index in [9.17, 15) is 0 Å². The molecule has 0 fully saturated rings. The Morgan fingerprint density at radius 1 is 1.36 bits per heavy atom. The van der Waals surface area contributed by atoms with Crippen LogP contribution < -0.4 is 11.1 Å². The number of aliphatic imine (C=N–C) groups is 1. The molecule has 0 unspecified atom stereocenters. The quantitative estimate of drug-likeness (QED) is 0.510. The van der Waals surface area contributed by atoms with Gasteiger partial charge in [-0.05, 0) is 31.3 Å². The summed E-state index contributed by atoms with van der Waals surface area (Å²) in [4.78, 5) is 6.08. The van der Waals surface area contributed by atoms with Gasteiger partial charge in [0.05, 0.1) is 24.5 Å². The van der Waals surface area contributed by atoms with Crippen molar-refractivity contribution >= 4 is 16.9 Å². The highest BCUT2D eigenvalue weighted by molar-refractivity contribution is 5.99. The second-order valence-corrected chi connectivity index (χ2v) is 5.40. The van der Waals surface area contributed by atoms with Gasteiger partial charge in [-0.1, -0.05) is 23.9 Å². The topological polar surface area (TPSA) is 112 Å². The van der Waals surface area contributed by atoms with Crippen LogP contribution in [0.2, 0.25) is 0 Å². The zero-order valence-electron chi connectivity index (χ0n) is 13.8. The van der Waals surface area contributed by atoms with Crippen molar-refractivity contribution in [3.05, 3.63) is 61.3 Å². The standard InChI is InChI=1S/C16H19N9/c1-12(11-24-18-9-10-19-24)20-13(2)21-16(7-8-17)25-15-6-4-3-5-14(15)22-23-25/h3-10,12,20H,2,11,17H2,1H3/b8-7-,21-16?/t12-/m1/s1. The van der Waals surface area contributed by atoms with Crippen molar-refractivity contribution in [2.24, 2.45) is 10.7 Å². The molecular formula is C16H19N9. The average molecular weight is 337 g/mol. The van der Waals surface area contributed by atoms with Gasteiger partial charge in [0.15, 0.2) is 5.84 Å². The van der Waals surface area contributed by atoms with Crippen LogP contribution in [0.3, 0.4) is 0 Å². The zero-order chi connectivity index (χ0) is 17.6. The van der Waals surface area contributed by atoms with E-state index < -0.39 is 0 Å². The van der Waals surface area contributed by atoms with Crippen LogP contribution in [0.4, 0.5) is 0 Å². The average Bonchev–Trinajstić information content (AvgIpc) is 3.23. The van der Waals surface area contributed by atoms with Gasteiger partial charge in [-0.3, -0.25) is 0 Å². The predicted octanol–water partition coefficient (Wildman–Crippen LogP) is 0.891. The SMILES string of the molecule is C=C(N=C(/C=C\N)n1nnc2ccccc21)N[C@H](C)Cn1nccn1. The number of nitrogens with one attached hydrogen (secondary N) is 1. The second-order valence-electron chi connectivity index (χ2n) is 5.40. The lowest BCUT2D eigenvalue weighted by Crippen LogP contribution is -2.30. The zero-order valence-corrected chi connectivity index (χ0v) is 13.8. The molecule has 0 amide bonds. The number of allylic oxidation sites excluding steroid dienone is 1. The van der Waals surface area contributed by atoms with E-state index in [1.165, 1.54) is 6.20 Å². The maximum atomic E-state index is 5.55. The van der Waals surface area contributed by atoms with Gasteiger partial charge in [0, 0.05) is 6.04 Å². The number of benzene rings is 1. The van der Waals surface area contributed by atoms with Crippen molar-refractivity contribution in [1.29, 1.82) is 0 Å². The minimum atomic E-state index is 0.0410. The fraction of sp³-hybridized carbons (Fsp3) is 0.188. The van der Waals surface area contributed by atoms with E-state index in [-0.39, 0.29) is 6.04 Å². The lowest BCUT2D eigenvalue weighted by atomic mass is 10.3. The van der Waals surface area contributed by atoms with E-state index in [2.05, 4.69) is 37.4 Å². The fourth-order valence-electron chi connectivity index (χ4n) is 2.36. The van der Waals surface area contributed by atoms with Gasteiger partial charge >= 0.3 is 0 Å². The van der Waals surface area contributed by atoms with E-state index in [1.807, 2.05) is 31.2 Å². The predicted molar refractivity (Wildman–Crippen MR) is 95.4 cm³/mol. The molecule has 25 heavy (non-hydrogen) atoms. The molecule has 3 aromatic rings. The Labute approximate surface area is 144 Å². The molecule has 0 saturated heterocycles. The maximum Gasteiger partial charge on any atom is 0.159 e. The molecule has 9 heteroatoms. The van der Waals surface area contributed by atoms with Gasteiger partial charge in [0.1, 0.15) is 11.3 Å². The monoisotopic (exact) mass is 337 g/mol. The van der Waals surface area contributed by atoms with E-state index in [0.29, 0.717) is 18.2 Å². The van der Waals surface area contributed by atoms with E-state index in [1.54, 1.807) is 27.9 Å². The first-order valence-corrected chi connectivity index (χ1v) is 7.74. The Morgan fingerprint density at radius 3 is 2.88 bits per heavy atom. The second kappa shape index (κ2) is 7.39. The van der Waals surface area contributed by atoms with Crippen LogP contribution in [-0.4, -0.2) is 41.9 Å². The summed E-state index contributed by atoms with van der Waals surface area (Å²) in [5.41, 5.74) is 7.16. The van der Waals surface area contributed by atoms with E-state index in [0.717, 1.165) is 11.0 Å². The van der Waals surface area contributed by atoms with Crippen LogP contribution in [0, 0.1) is 0 Å². The Morgan fingerprint density at radius 2 is 2.12 bits per heavy atom. The third-order valence-corrected chi connectivity index (χ3v) is 3.38. The van der Waals surface area contributed by atoms with Gasteiger partial charge < -0.3 is 11.1 Å². The van der Waals surface area contributed by atoms with Crippen LogP contribution in [0.15, 0.2) is 66.3 Å². The highest BCUT2D eigenvalue weighted by Crippen LogP contribution is 2.10. The van der Waals surface area contributed by atoms with Gasteiger partial charge in [0.2, 0.25) is 0 Å².